The van der Waals surface area contributed by atoms with Crippen LogP contribution >= 0.6 is 0 Å². The molecule has 1 heterocycles. The standard InChI is InChI=1S/C9H19N5O/c1-7(6-15)13-14(9(10)11)8-2-4-12-5-3-8/h6-8,12-13H,2-5H2,1H3,(H3,10,11)/t7-/m0/s1. The SMILES string of the molecule is C[C@@H](C=O)NN(C(=N)N)C1CCNCC1. The predicted octanol–water partition coefficient (Wildman–Crippen LogP) is -0.974. The van der Waals surface area contributed by atoms with Crippen molar-refractivity contribution in [1.29, 1.82) is 5.41 Å². The molecule has 0 saturated carbocycles. The maximum absolute atomic E-state index is 10.5. The average molecular weight is 213 g/mol. The molecule has 0 bridgehead atoms. The molecule has 1 rings (SSSR count). The Labute approximate surface area is 89.7 Å². The molecule has 86 valence electrons. The number of nitrogens with zero attached hydrogens (tertiary/aromatic N) is 1. The van der Waals surface area contributed by atoms with Gasteiger partial charge in [-0.25, -0.2) is 5.43 Å². The molecule has 0 unspecified atom stereocenters. The molecule has 1 aliphatic rings. The second-order valence-electron chi connectivity index (χ2n) is 3.79. The summed E-state index contributed by atoms with van der Waals surface area (Å²) in [6.45, 7) is 3.58. The van der Waals surface area contributed by atoms with Crippen LogP contribution in [0, 0.1) is 5.41 Å². The van der Waals surface area contributed by atoms with Gasteiger partial charge in [-0.05, 0) is 32.9 Å². The molecule has 1 saturated heterocycles. The normalized spacial score (nSPS) is 19.5. The fraction of sp³-hybridized carbons (Fsp3) is 0.778. The Morgan fingerprint density at radius 3 is 2.73 bits per heavy atom. The molecule has 6 heteroatoms. The molecule has 15 heavy (non-hydrogen) atoms. The molecule has 5 N–H and O–H groups in total. The number of guanidine groups is 1. The molecule has 0 radical (unpaired) electrons. The number of piperidine rings is 1. The largest absolute Gasteiger partial charge is 0.369 e. The molecule has 0 aromatic heterocycles. The maximum Gasteiger partial charge on any atom is 0.203 e. The Bertz CT molecular complexity index is 227. The van der Waals surface area contributed by atoms with Gasteiger partial charge in [-0.1, -0.05) is 0 Å². The number of carbonyl (C=O) groups is 1. The highest BCUT2D eigenvalue weighted by Crippen LogP contribution is 2.09. The lowest BCUT2D eigenvalue weighted by atomic mass is 10.1. The highest BCUT2D eigenvalue weighted by molar-refractivity contribution is 5.74. The topological polar surface area (TPSA) is 94.2 Å². The fourth-order valence-corrected chi connectivity index (χ4v) is 1.69. The van der Waals surface area contributed by atoms with Gasteiger partial charge in [0.25, 0.3) is 0 Å². The van der Waals surface area contributed by atoms with Gasteiger partial charge < -0.3 is 15.8 Å². The van der Waals surface area contributed by atoms with E-state index < -0.39 is 0 Å². The van der Waals surface area contributed by atoms with Gasteiger partial charge in [-0.3, -0.25) is 10.4 Å². The Balaban J connectivity index is 2.55. The zero-order valence-corrected chi connectivity index (χ0v) is 8.99. The van der Waals surface area contributed by atoms with E-state index in [4.69, 9.17) is 11.1 Å². The molecule has 0 aliphatic carbocycles. The van der Waals surface area contributed by atoms with Crippen molar-refractivity contribution in [1.82, 2.24) is 15.8 Å². The highest BCUT2D eigenvalue weighted by atomic mass is 16.1. The van der Waals surface area contributed by atoms with Gasteiger partial charge in [-0.2, -0.15) is 0 Å². The van der Waals surface area contributed by atoms with Crippen molar-refractivity contribution >= 4 is 12.2 Å². The number of hydrogen-bond donors (Lipinski definition) is 4. The molecule has 1 fully saturated rings. The van der Waals surface area contributed by atoms with Crippen molar-refractivity contribution < 1.29 is 4.79 Å². The third-order valence-corrected chi connectivity index (χ3v) is 2.48. The highest BCUT2D eigenvalue weighted by Gasteiger charge is 2.23. The summed E-state index contributed by atoms with van der Waals surface area (Å²) in [4.78, 5) is 10.5. The Hall–Kier alpha value is -1.14. The summed E-state index contributed by atoms with van der Waals surface area (Å²) >= 11 is 0. The molecule has 0 aromatic carbocycles. The van der Waals surface area contributed by atoms with E-state index in [-0.39, 0.29) is 18.0 Å². The second kappa shape index (κ2) is 5.67. The Morgan fingerprint density at radius 2 is 2.27 bits per heavy atom. The number of carbonyl (C=O) groups excluding carboxylic acids is 1. The minimum absolute atomic E-state index is 0.0319. The second-order valence-corrected chi connectivity index (χ2v) is 3.79. The van der Waals surface area contributed by atoms with Crippen molar-refractivity contribution in [3.63, 3.8) is 0 Å². The fourth-order valence-electron chi connectivity index (χ4n) is 1.69. The first-order chi connectivity index (χ1) is 7.15. The summed E-state index contributed by atoms with van der Waals surface area (Å²) in [7, 11) is 0. The van der Waals surface area contributed by atoms with E-state index in [1.807, 2.05) is 0 Å². The number of aldehydes is 1. The molecule has 0 amide bonds. The van der Waals surface area contributed by atoms with E-state index >= 15 is 0 Å². The molecular weight excluding hydrogens is 194 g/mol. The van der Waals surface area contributed by atoms with E-state index in [1.165, 1.54) is 0 Å². The lowest BCUT2D eigenvalue weighted by molar-refractivity contribution is -0.110. The Kier molecular flexibility index (Phi) is 4.51. The quantitative estimate of drug-likeness (QED) is 0.208. The predicted molar refractivity (Wildman–Crippen MR) is 58.3 cm³/mol. The van der Waals surface area contributed by atoms with Crippen molar-refractivity contribution in [3.8, 4) is 0 Å². The van der Waals surface area contributed by atoms with Crippen LogP contribution in [0.15, 0.2) is 0 Å². The van der Waals surface area contributed by atoms with Crippen molar-refractivity contribution in [2.45, 2.75) is 31.8 Å². The van der Waals surface area contributed by atoms with Crippen LogP contribution in [0.4, 0.5) is 0 Å². The van der Waals surface area contributed by atoms with Crippen molar-refractivity contribution in [2.75, 3.05) is 13.1 Å². The summed E-state index contributed by atoms with van der Waals surface area (Å²) in [5.41, 5.74) is 8.40. The zero-order chi connectivity index (χ0) is 11.3. The van der Waals surface area contributed by atoms with Gasteiger partial charge in [0.05, 0.1) is 12.1 Å². The first-order valence-corrected chi connectivity index (χ1v) is 5.20. The zero-order valence-electron chi connectivity index (χ0n) is 8.99. The van der Waals surface area contributed by atoms with Gasteiger partial charge in [0.15, 0.2) is 0 Å². The van der Waals surface area contributed by atoms with Crippen LogP contribution in [0.1, 0.15) is 19.8 Å². The van der Waals surface area contributed by atoms with Crippen LogP contribution in [0.2, 0.25) is 0 Å². The van der Waals surface area contributed by atoms with E-state index in [1.54, 1.807) is 11.9 Å². The van der Waals surface area contributed by atoms with Crippen LogP contribution in [0.25, 0.3) is 0 Å². The van der Waals surface area contributed by atoms with E-state index in [2.05, 4.69) is 10.7 Å². The van der Waals surface area contributed by atoms with E-state index in [0.29, 0.717) is 0 Å². The van der Waals surface area contributed by atoms with Gasteiger partial charge in [0.2, 0.25) is 5.96 Å². The van der Waals surface area contributed by atoms with Gasteiger partial charge in [-0.15, -0.1) is 0 Å². The first kappa shape index (κ1) is 11.9. The third-order valence-electron chi connectivity index (χ3n) is 2.48. The van der Waals surface area contributed by atoms with Crippen LogP contribution in [0.5, 0.6) is 0 Å². The lowest BCUT2D eigenvalue weighted by Gasteiger charge is -2.35. The average Bonchev–Trinajstić information content (AvgIpc) is 2.26. The number of nitrogens with two attached hydrogens (primary N) is 1. The van der Waals surface area contributed by atoms with Gasteiger partial charge in [0, 0.05) is 0 Å². The summed E-state index contributed by atoms with van der Waals surface area (Å²) in [5.74, 6) is -0.0319. The van der Waals surface area contributed by atoms with Crippen molar-refractivity contribution in [2.24, 2.45) is 5.73 Å². The third kappa shape index (κ3) is 3.49. The van der Waals surface area contributed by atoms with Crippen LogP contribution in [-0.4, -0.2) is 42.4 Å². The summed E-state index contributed by atoms with van der Waals surface area (Å²) in [5, 5.41) is 12.3. The smallest absolute Gasteiger partial charge is 0.203 e. The minimum Gasteiger partial charge on any atom is -0.369 e. The maximum atomic E-state index is 10.5. The molecule has 0 aromatic rings. The van der Waals surface area contributed by atoms with Crippen molar-refractivity contribution in [3.05, 3.63) is 0 Å². The number of rotatable bonds is 4. The van der Waals surface area contributed by atoms with E-state index in [9.17, 15) is 4.79 Å². The first-order valence-electron chi connectivity index (χ1n) is 5.20. The number of nitrogens with one attached hydrogen (secondary N) is 3. The molecule has 1 atom stereocenters. The summed E-state index contributed by atoms with van der Waals surface area (Å²) < 4.78 is 0. The van der Waals surface area contributed by atoms with Gasteiger partial charge >= 0.3 is 0 Å². The van der Waals surface area contributed by atoms with E-state index in [0.717, 1.165) is 32.2 Å². The van der Waals surface area contributed by atoms with Crippen LogP contribution < -0.4 is 16.5 Å². The van der Waals surface area contributed by atoms with Crippen LogP contribution in [-0.2, 0) is 4.79 Å². The number of hydrazine groups is 1. The molecule has 6 nitrogen and oxygen atoms in total. The summed E-state index contributed by atoms with van der Waals surface area (Å²) in [6, 6.07) is -0.116. The molecule has 1 aliphatic heterocycles. The summed E-state index contributed by atoms with van der Waals surface area (Å²) in [6.07, 6.45) is 2.66. The van der Waals surface area contributed by atoms with Crippen LogP contribution in [0.3, 0.4) is 0 Å². The van der Waals surface area contributed by atoms with Gasteiger partial charge in [0.1, 0.15) is 6.29 Å². The molecule has 0 spiro atoms. The Morgan fingerprint density at radius 1 is 1.67 bits per heavy atom. The molecular formula is C9H19N5O. The lowest BCUT2D eigenvalue weighted by Crippen LogP contribution is -2.57. The number of hydrogen-bond acceptors (Lipinski definition) is 4. The monoisotopic (exact) mass is 213 g/mol. The minimum atomic E-state index is -0.316.